The smallest absolute Gasteiger partial charge is 0.267 e. The van der Waals surface area contributed by atoms with Crippen molar-refractivity contribution in [3.8, 4) is 21.1 Å². The van der Waals surface area contributed by atoms with Gasteiger partial charge >= 0.3 is 0 Å². The van der Waals surface area contributed by atoms with E-state index < -0.39 is 0 Å². The lowest BCUT2D eigenvalue weighted by atomic mass is 10.2. The van der Waals surface area contributed by atoms with Gasteiger partial charge in [0.05, 0.1) is 25.7 Å². The number of carbonyl (C=O) groups excluding carboxylic acids is 1. The van der Waals surface area contributed by atoms with Crippen molar-refractivity contribution in [3.05, 3.63) is 75.9 Å². The number of benzene rings is 2. The second-order valence-electron chi connectivity index (χ2n) is 6.15. The van der Waals surface area contributed by atoms with Crippen LogP contribution in [0.5, 0.6) is 0 Å². The van der Waals surface area contributed by atoms with Crippen LogP contribution in [0.1, 0.15) is 9.67 Å². The van der Waals surface area contributed by atoms with Crippen molar-refractivity contribution in [1.82, 2.24) is 9.97 Å². The van der Waals surface area contributed by atoms with Crippen LogP contribution < -0.4 is 5.32 Å². The quantitative estimate of drug-likeness (QED) is 0.317. The van der Waals surface area contributed by atoms with Gasteiger partial charge in [0.25, 0.3) is 5.91 Å². The molecule has 0 unspecified atom stereocenters. The summed E-state index contributed by atoms with van der Waals surface area (Å²) in [4.78, 5) is 23.4. The van der Waals surface area contributed by atoms with Crippen LogP contribution in [-0.2, 0) is 0 Å². The molecule has 0 aliphatic rings. The van der Waals surface area contributed by atoms with Crippen molar-refractivity contribution in [3.63, 3.8) is 0 Å². The molecule has 0 saturated heterocycles. The molecule has 3 heterocycles. The maximum atomic E-state index is 12.7. The van der Waals surface area contributed by atoms with Crippen LogP contribution in [0.3, 0.4) is 0 Å². The lowest BCUT2D eigenvalue weighted by Gasteiger charge is -1.99. The summed E-state index contributed by atoms with van der Waals surface area (Å²) in [5.74, 6) is -0.167. The molecule has 0 radical (unpaired) electrons. The normalized spacial score (nSPS) is 11.1. The van der Waals surface area contributed by atoms with Crippen LogP contribution >= 0.6 is 45.6 Å². The molecule has 4 nitrogen and oxygen atoms in total. The first-order valence-electron chi connectivity index (χ1n) is 8.64. The van der Waals surface area contributed by atoms with Gasteiger partial charge in [0.2, 0.25) is 0 Å². The summed E-state index contributed by atoms with van der Waals surface area (Å²) in [5.41, 5.74) is 2.74. The van der Waals surface area contributed by atoms with E-state index in [9.17, 15) is 4.79 Å². The number of rotatable bonds is 4. The number of thiazole rings is 2. The highest BCUT2D eigenvalue weighted by molar-refractivity contribution is 7.26. The van der Waals surface area contributed by atoms with E-state index in [1.807, 2.05) is 60.0 Å². The predicted octanol–water partition coefficient (Wildman–Crippen LogP) is 7.05. The van der Waals surface area contributed by atoms with Gasteiger partial charge in [0, 0.05) is 16.0 Å². The molecular weight excluding hydrogens is 442 g/mol. The molecule has 1 N–H and O–H groups in total. The molecule has 5 aromatic rings. The number of carbonyl (C=O) groups is 1. The van der Waals surface area contributed by atoms with E-state index in [0.29, 0.717) is 15.0 Å². The molecule has 8 heteroatoms. The molecule has 0 atom stereocenters. The molecule has 0 aliphatic heterocycles. The predicted molar refractivity (Wildman–Crippen MR) is 123 cm³/mol. The van der Waals surface area contributed by atoms with Crippen LogP contribution in [0.2, 0.25) is 5.02 Å². The largest absolute Gasteiger partial charge is 0.297 e. The minimum absolute atomic E-state index is 0.167. The van der Waals surface area contributed by atoms with Crippen molar-refractivity contribution < 1.29 is 4.79 Å². The number of thiophene rings is 1. The van der Waals surface area contributed by atoms with Gasteiger partial charge in [-0.15, -0.1) is 34.0 Å². The summed E-state index contributed by atoms with van der Waals surface area (Å²) >= 11 is 10.4. The number of hydrogen-bond acceptors (Lipinski definition) is 6. The summed E-state index contributed by atoms with van der Waals surface area (Å²) in [6.07, 6.45) is 0. The highest BCUT2D eigenvalue weighted by Gasteiger charge is 2.15. The van der Waals surface area contributed by atoms with E-state index in [1.165, 1.54) is 22.7 Å². The van der Waals surface area contributed by atoms with E-state index >= 15 is 0 Å². The van der Waals surface area contributed by atoms with Gasteiger partial charge in [-0.05, 0) is 36.4 Å². The summed E-state index contributed by atoms with van der Waals surface area (Å²) in [6, 6.07) is 19.3. The second-order valence-corrected chi connectivity index (χ2v) is 9.56. The molecule has 0 aliphatic carbocycles. The number of halogens is 1. The first-order chi connectivity index (χ1) is 14.2. The van der Waals surface area contributed by atoms with Gasteiger partial charge < -0.3 is 0 Å². The van der Waals surface area contributed by atoms with E-state index in [-0.39, 0.29) is 5.91 Å². The number of para-hydroxylation sites is 1. The van der Waals surface area contributed by atoms with Crippen molar-refractivity contribution >= 4 is 66.9 Å². The average Bonchev–Trinajstić information content (AvgIpc) is 3.47. The Kier molecular flexibility index (Phi) is 4.89. The molecule has 29 heavy (non-hydrogen) atoms. The Bertz CT molecular complexity index is 1290. The number of anilines is 1. The molecule has 5 rings (SSSR count). The minimum Gasteiger partial charge on any atom is -0.297 e. The van der Waals surface area contributed by atoms with E-state index in [4.69, 9.17) is 11.6 Å². The van der Waals surface area contributed by atoms with E-state index in [0.717, 1.165) is 31.4 Å². The zero-order chi connectivity index (χ0) is 19.8. The Labute approximate surface area is 183 Å². The first-order valence-corrected chi connectivity index (χ1v) is 11.5. The zero-order valence-electron chi connectivity index (χ0n) is 14.8. The van der Waals surface area contributed by atoms with Crippen molar-refractivity contribution in [2.45, 2.75) is 0 Å². The Morgan fingerprint density at radius 3 is 2.59 bits per heavy atom. The van der Waals surface area contributed by atoms with Gasteiger partial charge in [-0.3, -0.25) is 10.1 Å². The highest BCUT2D eigenvalue weighted by Crippen LogP contribution is 2.35. The number of amides is 1. The third-order valence-corrected chi connectivity index (χ3v) is 7.50. The lowest BCUT2D eigenvalue weighted by Crippen LogP contribution is -2.09. The Hall–Kier alpha value is -2.58. The third kappa shape index (κ3) is 3.82. The molecule has 0 saturated carbocycles. The number of aromatic nitrogens is 2. The molecule has 3 aromatic heterocycles. The molecular formula is C21H12ClN3OS3. The topological polar surface area (TPSA) is 54.9 Å². The molecule has 0 bridgehead atoms. The molecule has 0 fully saturated rings. The van der Waals surface area contributed by atoms with Gasteiger partial charge in [-0.25, -0.2) is 9.97 Å². The van der Waals surface area contributed by atoms with Crippen LogP contribution in [0, 0.1) is 0 Å². The fraction of sp³-hybridized carbons (Fsp3) is 0. The SMILES string of the molecule is O=C(Nc1nc(-c2ccc(Cl)cc2)cs1)c1ccc(-c2nc3ccccc3s2)s1. The Morgan fingerprint density at radius 2 is 1.76 bits per heavy atom. The van der Waals surface area contributed by atoms with E-state index in [1.54, 1.807) is 11.3 Å². The third-order valence-electron chi connectivity index (χ3n) is 4.20. The number of nitrogens with zero attached hydrogens (tertiary/aromatic N) is 2. The van der Waals surface area contributed by atoms with E-state index in [2.05, 4.69) is 21.4 Å². The minimum atomic E-state index is -0.167. The monoisotopic (exact) mass is 453 g/mol. The summed E-state index contributed by atoms with van der Waals surface area (Å²) in [6.45, 7) is 0. The lowest BCUT2D eigenvalue weighted by molar-refractivity contribution is 0.103. The number of hydrogen-bond donors (Lipinski definition) is 1. The summed E-state index contributed by atoms with van der Waals surface area (Å²) in [7, 11) is 0. The molecule has 2 aromatic carbocycles. The van der Waals surface area contributed by atoms with Crippen LogP contribution in [0.25, 0.3) is 31.4 Å². The maximum Gasteiger partial charge on any atom is 0.267 e. The Balaban J connectivity index is 1.33. The van der Waals surface area contributed by atoms with Crippen molar-refractivity contribution in [1.29, 1.82) is 0 Å². The van der Waals surface area contributed by atoms with Gasteiger partial charge in [0.1, 0.15) is 5.01 Å². The Morgan fingerprint density at radius 1 is 0.931 bits per heavy atom. The summed E-state index contributed by atoms with van der Waals surface area (Å²) in [5, 5.41) is 6.97. The van der Waals surface area contributed by atoms with Crippen LogP contribution in [0.4, 0.5) is 5.13 Å². The average molecular weight is 454 g/mol. The number of nitrogens with one attached hydrogen (secondary N) is 1. The number of fused-ring (bicyclic) bond motifs is 1. The summed E-state index contributed by atoms with van der Waals surface area (Å²) < 4.78 is 1.14. The van der Waals surface area contributed by atoms with Gasteiger partial charge in [-0.2, -0.15) is 0 Å². The molecule has 1 amide bonds. The van der Waals surface area contributed by atoms with Crippen molar-refractivity contribution in [2.24, 2.45) is 0 Å². The van der Waals surface area contributed by atoms with Gasteiger partial charge in [0.15, 0.2) is 5.13 Å². The van der Waals surface area contributed by atoms with Crippen molar-refractivity contribution in [2.75, 3.05) is 5.32 Å². The maximum absolute atomic E-state index is 12.7. The second kappa shape index (κ2) is 7.68. The highest BCUT2D eigenvalue weighted by atomic mass is 35.5. The van der Waals surface area contributed by atoms with Crippen LogP contribution in [-0.4, -0.2) is 15.9 Å². The fourth-order valence-electron chi connectivity index (χ4n) is 2.80. The standard InChI is InChI=1S/C21H12ClN3OS3/c22-13-7-5-12(6-8-13)15-11-27-21(24-15)25-19(26)17-9-10-18(28-17)20-23-14-3-1-2-4-16(14)29-20/h1-11H,(H,24,25,26). The first kappa shape index (κ1) is 18.4. The van der Waals surface area contributed by atoms with Gasteiger partial charge in [-0.1, -0.05) is 35.9 Å². The molecule has 0 spiro atoms. The van der Waals surface area contributed by atoms with Crippen LogP contribution in [0.15, 0.2) is 66.0 Å². The zero-order valence-corrected chi connectivity index (χ0v) is 18.0. The molecule has 142 valence electrons. The fourth-order valence-corrected chi connectivity index (χ4v) is 5.56.